The Balaban J connectivity index is 1.36. The van der Waals surface area contributed by atoms with Crippen LogP contribution >= 0.6 is 0 Å². The number of anilines is 1. The smallest absolute Gasteiger partial charge is 0.252 e. The molecule has 2 aromatic heterocycles. The summed E-state index contributed by atoms with van der Waals surface area (Å²) < 4.78 is 5.70. The minimum atomic E-state index is 0.598. The fourth-order valence-corrected chi connectivity index (χ4v) is 3.73. The lowest BCUT2D eigenvalue weighted by atomic mass is 10.1. The van der Waals surface area contributed by atoms with Gasteiger partial charge in [-0.2, -0.15) is 4.98 Å². The first-order chi connectivity index (χ1) is 13.3. The average molecular weight is 365 g/mol. The molecule has 0 radical (unpaired) electrons. The van der Waals surface area contributed by atoms with Crippen LogP contribution in [-0.2, 0) is 12.8 Å². The van der Waals surface area contributed by atoms with Gasteiger partial charge in [-0.1, -0.05) is 37.3 Å². The standard InChI is InChI=1S/C21H27N5O/c1-2-18-24-19-20(22-16-23-21(19)27-18)26-13-7-12-25(14-15-26)11-6-10-17-8-4-3-5-9-17/h3-5,8-9,16H,2,6-7,10-15H2,1H3. The Bertz CT molecular complexity index is 863. The second kappa shape index (κ2) is 8.48. The number of benzene rings is 1. The van der Waals surface area contributed by atoms with Crippen molar-refractivity contribution in [1.29, 1.82) is 0 Å². The van der Waals surface area contributed by atoms with Gasteiger partial charge in [0, 0.05) is 26.1 Å². The molecule has 1 aliphatic heterocycles. The molecule has 6 heteroatoms. The number of hydrogen-bond donors (Lipinski definition) is 0. The van der Waals surface area contributed by atoms with Gasteiger partial charge in [-0.25, -0.2) is 9.97 Å². The molecule has 1 fully saturated rings. The Morgan fingerprint density at radius 1 is 1.04 bits per heavy atom. The van der Waals surface area contributed by atoms with E-state index in [4.69, 9.17) is 4.42 Å². The lowest BCUT2D eigenvalue weighted by Crippen LogP contribution is -2.32. The van der Waals surface area contributed by atoms with Crippen molar-refractivity contribution in [3.05, 3.63) is 48.1 Å². The largest absolute Gasteiger partial charge is 0.422 e. The van der Waals surface area contributed by atoms with Crippen molar-refractivity contribution in [1.82, 2.24) is 19.9 Å². The van der Waals surface area contributed by atoms with Crippen molar-refractivity contribution in [3.63, 3.8) is 0 Å². The predicted octanol–water partition coefficient (Wildman–Crippen LogP) is 3.33. The molecule has 0 atom stereocenters. The molecular weight excluding hydrogens is 338 g/mol. The number of rotatable bonds is 6. The third-order valence-electron chi connectivity index (χ3n) is 5.19. The zero-order valence-corrected chi connectivity index (χ0v) is 16.0. The molecule has 3 aromatic rings. The summed E-state index contributed by atoms with van der Waals surface area (Å²) in [7, 11) is 0. The summed E-state index contributed by atoms with van der Waals surface area (Å²) in [6.07, 6.45) is 5.84. The summed E-state index contributed by atoms with van der Waals surface area (Å²) in [6, 6.07) is 10.8. The molecule has 6 nitrogen and oxygen atoms in total. The van der Waals surface area contributed by atoms with E-state index in [2.05, 4.69) is 55.1 Å². The molecule has 0 amide bonds. The van der Waals surface area contributed by atoms with E-state index in [-0.39, 0.29) is 0 Å². The van der Waals surface area contributed by atoms with Crippen LogP contribution in [0.5, 0.6) is 0 Å². The van der Waals surface area contributed by atoms with E-state index < -0.39 is 0 Å². The van der Waals surface area contributed by atoms with Gasteiger partial charge >= 0.3 is 0 Å². The van der Waals surface area contributed by atoms with E-state index in [9.17, 15) is 0 Å². The first-order valence-corrected chi connectivity index (χ1v) is 9.95. The van der Waals surface area contributed by atoms with Crippen LogP contribution < -0.4 is 4.90 Å². The molecule has 0 saturated carbocycles. The Kier molecular flexibility index (Phi) is 5.63. The Labute approximate surface area is 160 Å². The molecule has 0 aliphatic carbocycles. The lowest BCUT2D eigenvalue weighted by Gasteiger charge is -2.22. The Hall–Kier alpha value is -2.47. The van der Waals surface area contributed by atoms with Crippen LogP contribution in [0, 0.1) is 0 Å². The van der Waals surface area contributed by atoms with Crippen molar-refractivity contribution in [2.75, 3.05) is 37.6 Å². The minimum absolute atomic E-state index is 0.598. The van der Waals surface area contributed by atoms with Crippen LogP contribution in [0.4, 0.5) is 5.82 Å². The van der Waals surface area contributed by atoms with Crippen molar-refractivity contribution < 1.29 is 4.42 Å². The second-order valence-electron chi connectivity index (χ2n) is 7.08. The summed E-state index contributed by atoms with van der Waals surface area (Å²) in [6.45, 7) is 7.33. The molecular formula is C21H27N5O. The highest BCUT2D eigenvalue weighted by Crippen LogP contribution is 2.24. The van der Waals surface area contributed by atoms with Gasteiger partial charge in [-0.3, -0.25) is 0 Å². The SMILES string of the molecule is CCc1nc2c(N3CCCN(CCCc4ccccc4)CC3)ncnc2o1. The van der Waals surface area contributed by atoms with Gasteiger partial charge in [0.05, 0.1) is 0 Å². The van der Waals surface area contributed by atoms with Gasteiger partial charge in [-0.05, 0) is 37.9 Å². The topological polar surface area (TPSA) is 58.3 Å². The van der Waals surface area contributed by atoms with Crippen LogP contribution in [0.15, 0.2) is 41.1 Å². The Morgan fingerprint density at radius 3 is 2.78 bits per heavy atom. The first-order valence-electron chi connectivity index (χ1n) is 9.95. The van der Waals surface area contributed by atoms with Gasteiger partial charge < -0.3 is 14.2 Å². The maximum Gasteiger partial charge on any atom is 0.252 e. The summed E-state index contributed by atoms with van der Waals surface area (Å²) in [5.41, 5.74) is 2.82. The quantitative estimate of drug-likeness (QED) is 0.668. The molecule has 0 unspecified atom stereocenters. The molecule has 1 aliphatic rings. The molecule has 1 aromatic carbocycles. The number of aromatic nitrogens is 3. The highest BCUT2D eigenvalue weighted by Gasteiger charge is 2.20. The minimum Gasteiger partial charge on any atom is -0.422 e. The number of aryl methyl sites for hydroxylation is 2. The van der Waals surface area contributed by atoms with E-state index in [1.807, 2.05) is 6.92 Å². The summed E-state index contributed by atoms with van der Waals surface area (Å²) in [5, 5.41) is 0. The molecule has 0 N–H and O–H groups in total. The van der Waals surface area contributed by atoms with E-state index in [0.717, 1.165) is 69.2 Å². The predicted molar refractivity (Wildman–Crippen MR) is 107 cm³/mol. The summed E-state index contributed by atoms with van der Waals surface area (Å²) >= 11 is 0. The highest BCUT2D eigenvalue weighted by atomic mass is 16.4. The number of oxazole rings is 1. The fraction of sp³-hybridized carbons (Fsp3) is 0.476. The second-order valence-corrected chi connectivity index (χ2v) is 7.08. The number of fused-ring (bicyclic) bond motifs is 1. The first kappa shape index (κ1) is 17.9. The number of nitrogens with zero attached hydrogens (tertiary/aromatic N) is 5. The van der Waals surface area contributed by atoms with Gasteiger partial charge in [0.2, 0.25) is 0 Å². The molecule has 27 heavy (non-hydrogen) atoms. The van der Waals surface area contributed by atoms with Crippen LogP contribution in [0.3, 0.4) is 0 Å². The van der Waals surface area contributed by atoms with Gasteiger partial charge in [0.15, 0.2) is 17.2 Å². The lowest BCUT2D eigenvalue weighted by molar-refractivity contribution is 0.290. The highest BCUT2D eigenvalue weighted by molar-refractivity contribution is 5.81. The van der Waals surface area contributed by atoms with Crippen molar-refractivity contribution >= 4 is 17.0 Å². The van der Waals surface area contributed by atoms with Crippen LogP contribution in [0.25, 0.3) is 11.2 Å². The molecule has 4 rings (SSSR count). The zero-order valence-electron chi connectivity index (χ0n) is 16.0. The number of hydrogen-bond acceptors (Lipinski definition) is 6. The molecule has 1 saturated heterocycles. The summed E-state index contributed by atoms with van der Waals surface area (Å²) in [4.78, 5) is 18.3. The van der Waals surface area contributed by atoms with Gasteiger partial charge in [0.25, 0.3) is 5.71 Å². The van der Waals surface area contributed by atoms with Crippen molar-refractivity contribution in [2.45, 2.75) is 32.6 Å². The van der Waals surface area contributed by atoms with E-state index in [1.165, 1.54) is 12.0 Å². The van der Waals surface area contributed by atoms with Gasteiger partial charge in [-0.15, -0.1) is 0 Å². The fourth-order valence-electron chi connectivity index (χ4n) is 3.73. The molecule has 0 spiro atoms. The van der Waals surface area contributed by atoms with E-state index in [0.29, 0.717) is 5.71 Å². The normalized spacial score (nSPS) is 16.0. The monoisotopic (exact) mass is 365 g/mol. The van der Waals surface area contributed by atoms with Crippen molar-refractivity contribution in [3.8, 4) is 0 Å². The third kappa shape index (κ3) is 4.27. The molecule has 3 heterocycles. The zero-order chi connectivity index (χ0) is 18.5. The van der Waals surface area contributed by atoms with E-state index >= 15 is 0 Å². The van der Waals surface area contributed by atoms with Gasteiger partial charge in [0.1, 0.15) is 6.33 Å². The van der Waals surface area contributed by atoms with E-state index in [1.54, 1.807) is 6.33 Å². The van der Waals surface area contributed by atoms with Crippen LogP contribution in [-0.4, -0.2) is 52.6 Å². The maximum atomic E-state index is 5.70. The van der Waals surface area contributed by atoms with Crippen molar-refractivity contribution in [2.24, 2.45) is 0 Å². The average Bonchev–Trinajstić information content (AvgIpc) is 3.00. The van der Waals surface area contributed by atoms with Crippen LogP contribution in [0.1, 0.15) is 31.2 Å². The summed E-state index contributed by atoms with van der Waals surface area (Å²) in [5.74, 6) is 1.64. The Morgan fingerprint density at radius 2 is 1.93 bits per heavy atom. The maximum absolute atomic E-state index is 5.70. The van der Waals surface area contributed by atoms with Crippen LogP contribution in [0.2, 0.25) is 0 Å². The molecule has 0 bridgehead atoms. The third-order valence-corrected chi connectivity index (χ3v) is 5.19. The molecule has 142 valence electrons.